The zero-order valence-electron chi connectivity index (χ0n) is 9.69. The van der Waals surface area contributed by atoms with Crippen molar-refractivity contribution < 1.29 is 24.0 Å². The van der Waals surface area contributed by atoms with E-state index in [1.807, 2.05) is 0 Å². The largest absolute Gasteiger partial charge is 0.476 e. The van der Waals surface area contributed by atoms with Gasteiger partial charge in [-0.05, 0) is 6.07 Å². The van der Waals surface area contributed by atoms with Gasteiger partial charge in [-0.3, -0.25) is 15.1 Å². The number of aromatic carboxylic acids is 1. The number of carbonyl (C=O) groups is 1. The second-order valence-electron chi connectivity index (χ2n) is 3.52. The summed E-state index contributed by atoms with van der Waals surface area (Å²) in [6, 6.07) is 2.78. The lowest BCUT2D eigenvalue weighted by molar-refractivity contribution is -0.385. The number of carboxylic acids is 1. The lowest BCUT2D eigenvalue weighted by Gasteiger charge is -2.05. The summed E-state index contributed by atoms with van der Waals surface area (Å²) in [5.41, 5.74) is -0.801. The van der Waals surface area contributed by atoms with Gasteiger partial charge >= 0.3 is 5.97 Å². The summed E-state index contributed by atoms with van der Waals surface area (Å²) in [6.07, 6.45) is 2.09. The van der Waals surface area contributed by atoms with E-state index >= 15 is 0 Å². The van der Waals surface area contributed by atoms with Gasteiger partial charge < -0.3 is 9.84 Å². The number of hydrogen-bond acceptors (Lipinski definition) is 6. The fourth-order valence-corrected chi connectivity index (χ4v) is 1.30. The van der Waals surface area contributed by atoms with Gasteiger partial charge in [0, 0.05) is 6.07 Å². The van der Waals surface area contributed by atoms with Crippen molar-refractivity contribution in [3.63, 3.8) is 0 Å². The molecule has 0 atom stereocenters. The highest BCUT2D eigenvalue weighted by molar-refractivity contribution is 5.84. The van der Waals surface area contributed by atoms with Gasteiger partial charge in [-0.25, -0.2) is 14.2 Å². The molecule has 2 aromatic rings. The summed E-state index contributed by atoms with van der Waals surface area (Å²) in [5.74, 6) is -2.85. The highest BCUT2D eigenvalue weighted by Crippen LogP contribution is 2.26. The molecule has 0 saturated heterocycles. The van der Waals surface area contributed by atoms with Crippen LogP contribution in [0.3, 0.4) is 0 Å². The number of ether oxygens (including phenoxy) is 1. The number of hydrogen-bond donors (Lipinski definition) is 1. The maximum absolute atomic E-state index is 13.6. The van der Waals surface area contributed by atoms with Crippen LogP contribution in [-0.2, 0) is 0 Å². The Morgan fingerprint density at radius 3 is 2.75 bits per heavy atom. The first-order valence-corrected chi connectivity index (χ1v) is 5.14. The molecule has 0 aliphatic carbocycles. The van der Waals surface area contributed by atoms with Crippen LogP contribution in [0.1, 0.15) is 10.5 Å². The number of nitro groups is 1. The maximum Gasteiger partial charge on any atom is 0.356 e. The van der Waals surface area contributed by atoms with Crippen molar-refractivity contribution in [2.45, 2.75) is 0 Å². The van der Waals surface area contributed by atoms with Crippen LogP contribution in [0.25, 0.3) is 0 Å². The average molecular weight is 279 g/mol. The Morgan fingerprint density at radius 2 is 2.15 bits per heavy atom. The third-order valence-corrected chi connectivity index (χ3v) is 2.17. The molecule has 8 nitrogen and oxygen atoms in total. The van der Waals surface area contributed by atoms with Gasteiger partial charge in [0.2, 0.25) is 5.88 Å². The summed E-state index contributed by atoms with van der Waals surface area (Å²) >= 11 is 0. The highest BCUT2D eigenvalue weighted by Gasteiger charge is 2.14. The summed E-state index contributed by atoms with van der Waals surface area (Å²) in [7, 11) is 0. The standard InChI is InChI=1S/C11H6FN3O5/c12-7-3-6(15(18)19)1-2-9(7)20-10-5-13-4-8(14-10)11(16)17/h1-5H,(H,16,17). The second-order valence-corrected chi connectivity index (χ2v) is 3.52. The molecule has 0 aliphatic heterocycles. The first-order chi connectivity index (χ1) is 9.47. The Balaban J connectivity index is 2.28. The Hall–Kier alpha value is -3.10. The van der Waals surface area contributed by atoms with Crippen molar-refractivity contribution in [1.82, 2.24) is 9.97 Å². The van der Waals surface area contributed by atoms with E-state index in [2.05, 4.69) is 9.97 Å². The molecule has 0 spiro atoms. The zero-order chi connectivity index (χ0) is 14.7. The SMILES string of the molecule is O=C(O)c1cncc(Oc2ccc([N+](=O)[O-])cc2F)n1. The van der Waals surface area contributed by atoms with Crippen molar-refractivity contribution in [2.24, 2.45) is 0 Å². The topological polar surface area (TPSA) is 115 Å². The van der Waals surface area contributed by atoms with Crippen molar-refractivity contribution >= 4 is 11.7 Å². The number of rotatable bonds is 4. The molecule has 1 N–H and O–H groups in total. The fraction of sp³-hybridized carbons (Fsp3) is 0. The van der Waals surface area contributed by atoms with Crippen LogP contribution in [0.4, 0.5) is 10.1 Å². The second kappa shape index (κ2) is 5.26. The molecule has 0 aliphatic rings. The number of nitrogens with zero attached hydrogens (tertiary/aromatic N) is 3. The molecule has 1 aromatic heterocycles. The van der Waals surface area contributed by atoms with Crippen LogP contribution in [0.2, 0.25) is 0 Å². The third kappa shape index (κ3) is 2.83. The molecular weight excluding hydrogens is 273 g/mol. The lowest BCUT2D eigenvalue weighted by atomic mass is 10.3. The van der Waals surface area contributed by atoms with E-state index in [9.17, 15) is 19.3 Å². The quantitative estimate of drug-likeness (QED) is 0.672. The van der Waals surface area contributed by atoms with E-state index in [1.54, 1.807) is 0 Å². The van der Waals surface area contributed by atoms with E-state index in [0.717, 1.165) is 24.5 Å². The molecule has 0 bridgehead atoms. The van der Waals surface area contributed by atoms with Crippen LogP contribution in [0.5, 0.6) is 11.6 Å². The van der Waals surface area contributed by atoms with Gasteiger partial charge in [-0.2, -0.15) is 0 Å². The molecule has 9 heteroatoms. The molecule has 1 heterocycles. The minimum absolute atomic E-state index is 0.238. The van der Waals surface area contributed by atoms with Gasteiger partial charge in [0.25, 0.3) is 5.69 Å². The number of aromatic nitrogens is 2. The van der Waals surface area contributed by atoms with Crippen LogP contribution in [0, 0.1) is 15.9 Å². The summed E-state index contributed by atoms with van der Waals surface area (Å²) < 4.78 is 18.6. The zero-order valence-corrected chi connectivity index (χ0v) is 9.69. The number of nitro benzene ring substituents is 1. The normalized spacial score (nSPS) is 10.1. The van der Waals surface area contributed by atoms with Gasteiger partial charge in [0.05, 0.1) is 23.4 Å². The smallest absolute Gasteiger partial charge is 0.356 e. The van der Waals surface area contributed by atoms with Gasteiger partial charge in [0.1, 0.15) is 0 Å². The molecule has 0 saturated carbocycles. The molecule has 20 heavy (non-hydrogen) atoms. The van der Waals surface area contributed by atoms with Crippen LogP contribution in [0.15, 0.2) is 30.6 Å². The lowest BCUT2D eigenvalue weighted by Crippen LogP contribution is -2.02. The van der Waals surface area contributed by atoms with E-state index in [0.29, 0.717) is 6.07 Å². The summed E-state index contributed by atoms with van der Waals surface area (Å²) in [4.78, 5) is 27.5. The molecule has 2 rings (SSSR count). The Morgan fingerprint density at radius 1 is 1.40 bits per heavy atom. The Bertz CT molecular complexity index is 692. The molecule has 0 unspecified atom stereocenters. The minimum atomic E-state index is -1.31. The van der Waals surface area contributed by atoms with Gasteiger partial charge in [-0.15, -0.1) is 0 Å². The molecule has 0 radical (unpaired) electrons. The fourth-order valence-electron chi connectivity index (χ4n) is 1.30. The number of halogens is 1. The first kappa shape index (κ1) is 13.3. The van der Waals surface area contributed by atoms with E-state index in [4.69, 9.17) is 9.84 Å². The van der Waals surface area contributed by atoms with E-state index in [-0.39, 0.29) is 17.3 Å². The monoisotopic (exact) mass is 279 g/mol. The number of non-ortho nitro benzene ring substituents is 1. The molecule has 1 aromatic carbocycles. The van der Waals surface area contributed by atoms with Crippen LogP contribution >= 0.6 is 0 Å². The third-order valence-electron chi connectivity index (χ3n) is 2.17. The van der Waals surface area contributed by atoms with Crippen molar-refractivity contribution in [3.8, 4) is 11.6 Å². The Labute approximate surface area is 110 Å². The maximum atomic E-state index is 13.6. The highest BCUT2D eigenvalue weighted by atomic mass is 19.1. The molecule has 102 valence electrons. The molecular formula is C11H6FN3O5. The van der Waals surface area contributed by atoms with Crippen molar-refractivity contribution in [2.75, 3.05) is 0 Å². The minimum Gasteiger partial charge on any atom is -0.476 e. The molecule has 0 amide bonds. The van der Waals surface area contributed by atoms with Crippen LogP contribution < -0.4 is 4.74 Å². The average Bonchev–Trinajstić information content (AvgIpc) is 2.41. The van der Waals surface area contributed by atoms with E-state index in [1.165, 1.54) is 0 Å². The molecule has 0 fully saturated rings. The first-order valence-electron chi connectivity index (χ1n) is 5.14. The van der Waals surface area contributed by atoms with Gasteiger partial charge in [-0.1, -0.05) is 0 Å². The summed E-state index contributed by atoms with van der Waals surface area (Å²) in [5, 5.41) is 19.2. The van der Waals surface area contributed by atoms with E-state index < -0.39 is 22.4 Å². The predicted octanol–water partition coefficient (Wildman–Crippen LogP) is 2.01. The summed E-state index contributed by atoms with van der Waals surface area (Å²) in [6.45, 7) is 0. The number of carboxylic acid groups (broad SMARTS) is 1. The predicted molar refractivity (Wildman–Crippen MR) is 62.1 cm³/mol. The van der Waals surface area contributed by atoms with Crippen molar-refractivity contribution in [3.05, 3.63) is 52.2 Å². The Kier molecular flexibility index (Phi) is 3.51. The van der Waals surface area contributed by atoms with Crippen LogP contribution in [-0.4, -0.2) is 26.0 Å². The van der Waals surface area contributed by atoms with Gasteiger partial charge in [0.15, 0.2) is 17.3 Å². The van der Waals surface area contributed by atoms with Crippen molar-refractivity contribution in [1.29, 1.82) is 0 Å². The number of benzene rings is 1.